The molecule has 0 radical (unpaired) electrons. The Morgan fingerprint density at radius 3 is 2.57 bits per heavy atom. The zero-order valence-electron chi connectivity index (χ0n) is 11.3. The first-order valence-electron chi connectivity index (χ1n) is 6.42. The van der Waals surface area contributed by atoms with Gasteiger partial charge in [-0.05, 0) is 36.4 Å². The van der Waals surface area contributed by atoms with Gasteiger partial charge in [0.1, 0.15) is 5.75 Å². The molecule has 6 nitrogen and oxygen atoms in total. The minimum atomic E-state index is -1.90. The van der Waals surface area contributed by atoms with Gasteiger partial charge >= 0.3 is 0 Å². The number of hydrogen-bond acceptors (Lipinski definition) is 4. The minimum Gasteiger partial charge on any atom is -0.493 e. The van der Waals surface area contributed by atoms with E-state index >= 15 is 0 Å². The van der Waals surface area contributed by atoms with Crippen LogP contribution in [0.4, 0.5) is 5.69 Å². The van der Waals surface area contributed by atoms with E-state index in [1.54, 1.807) is 6.08 Å². The summed E-state index contributed by atoms with van der Waals surface area (Å²) < 4.78 is 5.39. The van der Waals surface area contributed by atoms with Crippen LogP contribution in [-0.4, -0.2) is 33.1 Å². The van der Waals surface area contributed by atoms with Crippen LogP contribution in [0.25, 0.3) is 5.53 Å². The number of allylic oxidation sites excluding steroid dienone is 3. The van der Waals surface area contributed by atoms with E-state index in [1.165, 1.54) is 0 Å². The van der Waals surface area contributed by atoms with Gasteiger partial charge in [-0.25, -0.2) is 0 Å². The zero-order chi connectivity index (χ0) is 15.1. The van der Waals surface area contributed by atoms with E-state index in [9.17, 15) is 0 Å². The second-order valence-electron chi connectivity index (χ2n) is 4.38. The van der Waals surface area contributed by atoms with Crippen molar-refractivity contribution < 1.29 is 19.3 Å². The largest absolute Gasteiger partial charge is 0.493 e. The predicted molar refractivity (Wildman–Crippen MR) is 82.3 cm³/mol. The minimum absolute atomic E-state index is 0.238. The second-order valence-corrected chi connectivity index (χ2v) is 5.57. The Hall–Kier alpha value is -1.97. The van der Waals surface area contributed by atoms with Gasteiger partial charge in [0.15, 0.2) is 8.38 Å². The van der Waals surface area contributed by atoms with Crippen molar-refractivity contribution in [2.24, 2.45) is 0 Å². The maximum Gasteiger partial charge on any atom is 0.295 e. The Bertz CT molecular complexity index is 590. The number of ether oxygens (including phenoxy) is 1. The summed E-state index contributed by atoms with van der Waals surface area (Å²) in [5.74, 6) is 0.681. The van der Waals surface area contributed by atoms with Crippen molar-refractivity contribution in [2.45, 2.75) is 6.42 Å². The van der Waals surface area contributed by atoms with Gasteiger partial charge in [0.05, 0.1) is 19.2 Å². The molecule has 1 aliphatic carbocycles. The van der Waals surface area contributed by atoms with Gasteiger partial charge in [0, 0.05) is 17.5 Å². The molecule has 0 saturated heterocycles. The van der Waals surface area contributed by atoms with Crippen LogP contribution in [0.2, 0.25) is 0 Å². The molecule has 0 atom stereocenters. The molecule has 21 heavy (non-hydrogen) atoms. The Morgan fingerprint density at radius 1 is 1.24 bits per heavy atom. The van der Waals surface area contributed by atoms with Gasteiger partial charge < -0.3 is 25.4 Å². The molecular formula is C14H16N3O3P. The summed E-state index contributed by atoms with van der Waals surface area (Å²) in [6.07, 6.45) is 6.35. The van der Waals surface area contributed by atoms with Crippen molar-refractivity contribution in [2.75, 3.05) is 18.1 Å². The van der Waals surface area contributed by atoms with Crippen molar-refractivity contribution in [3.05, 3.63) is 53.7 Å². The molecule has 0 unspecified atom stereocenters. The summed E-state index contributed by atoms with van der Waals surface area (Å²) in [6, 6.07) is 7.38. The van der Waals surface area contributed by atoms with Gasteiger partial charge in [-0.1, -0.05) is 0 Å². The molecule has 2 rings (SSSR count). The van der Waals surface area contributed by atoms with Crippen LogP contribution in [0.1, 0.15) is 6.42 Å². The highest BCUT2D eigenvalue weighted by molar-refractivity contribution is 7.45. The summed E-state index contributed by atoms with van der Waals surface area (Å²) in [5, 5.41) is 3.23. The monoisotopic (exact) mass is 305 g/mol. The fourth-order valence-corrected chi connectivity index (χ4v) is 2.00. The van der Waals surface area contributed by atoms with Crippen molar-refractivity contribution in [3.63, 3.8) is 0 Å². The molecule has 1 aromatic rings. The number of nitrogens with zero attached hydrogens (tertiary/aromatic N) is 2. The number of benzene rings is 1. The lowest BCUT2D eigenvalue weighted by Crippen LogP contribution is -2.05. The molecule has 0 spiro atoms. The highest BCUT2D eigenvalue weighted by Gasteiger charge is 2.08. The van der Waals surface area contributed by atoms with Gasteiger partial charge in [0.2, 0.25) is 0 Å². The Morgan fingerprint density at radius 2 is 2.00 bits per heavy atom. The van der Waals surface area contributed by atoms with Crippen LogP contribution in [-0.2, 0) is 0 Å². The van der Waals surface area contributed by atoms with E-state index in [2.05, 4.69) is 10.1 Å². The van der Waals surface area contributed by atoms with Crippen molar-refractivity contribution in [1.29, 1.82) is 0 Å². The van der Waals surface area contributed by atoms with Gasteiger partial charge in [0.25, 0.3) is 5.71 Å². The summed E-state index contributed by atoms with van der Waals surface area (Å²) >= 11 is 0. The van der Waals surface area contributed by atoms with Crippen LogP contribution in [0.5, 0.6) is 5.75 Å². The maximum atomic E-state index is 8.79. The Labute approximate surface area is 123 Å². The molecule has 0 fully saturated rings. The first-order chi connectivity index (χ1) is 10.2. The lowest BCUT2D eigenvalue weighted by molar-refractivity contribution is -0.00540. The molecule has 1 aromatic carbocycles. The molecule has 0 saturated carbocycles. The second kappa shape index (κ2) is 7.72. The van der Waals surface area contributed by atoms with Gasteiger partial charge in [-0.2, -0.15) is 4.79 Å². The van der Waals surface area contributed by atoms with E-state index in [-0.39, 0.29) is 12.8 Å². The highest BCUT2D eigenvalue weighted by atomic mass is 31.2. The first kappa shape index (κ1) is 15.4. The van der Waals surface area contributed by atoms with E-state index in [1.807, 2.05) is 36.4 Å². The van der Waals surface area contributed by atoms with E-state index in [0.29, 0.717) is 17.9 Å². The number of rotatable bonds is 6. The Kier molecular flexibility index (Phi) is 5.67. The van der Waals surface area contributed by atoms with Gasteiger partial charge in [-0.3, -0.25) is 0 Å². The third kappa shape index (κ3) is 5.14. The summed E-state index contributed by atoms with van der Waals surface area (Å²) in [4.78, 5) is 20.7. The first-order valence-corrected chi connectivity index (χ1v) is 7.85. The molecule has 1 aliphatic rings. The number of hydrogen-bond donors (Lipinski definition) is 3. The van der Waals surface area contributed by atoms with Gasteiger partial charge in [-0.15, -0.1) is 0 Å². The van der Waals surface area contributed by atoms with Crippen molar-refractivity contribution in [3.8, 4) is 5.75 Å². The SMILES string of the molecule is [N-]=[N+]=C1C=CC(Nc2ccc(OCCP(O)O)cc2)=CC1. The summed E-state index contributed by atoms with van der Waals surface area (Å²) in [6.45, 7) is 0.280. The van der Waals surface area contributed by atoms with Crippen LogP contribution in [0.15, 0.2) is 48.2 Å². The summed E-state index contributed by atoms with van der Waals surface area (Å²) in [5.41, 5.74) is 11.1. The van der Waals surface area contributed by atoms with E-state index in [4.69, 9.17) is 20.1 Å². The molecule has 110 valence electrons. The normalized spacial score (nSPS) is 13.9. The Balaban J connectivity index is 1.87. The molecule has 3 N–H and O–H groups in total. The number of anilines is 1. The molecule has 0 amide bonds. The topological polar surface area (TPSA) is 98.1 Å². The third-order valence-electron chi connectivity index (χ3n) is 2.82. The molecular weight excluding hydrogens is 289 g/mol. The third-order valence-corrected chi connectivity index (χ3v) is 3.40. The average Bonchev–Trinajstić information content (AvgIpc) is 2.49. The molecule has 0 aliphatic heterocycles. The smallest absolute Gasteiger partial charge is 0.295 e. The number of nitrogens with one attached hydrogen (secondary N) is 1. The maximum absolute atomic E-state index is 8.79. The van der Waals surface area contributed by atoms with Crippen LogP contribution in [0, 0.1) is 0 Å². The molecule has 0 heterocycles. The molecule has 0 bridgehead atoms. The van der Waals surface area contributed by atoms with Crippen molar-refractivity contribution in [1.82, 2.24) is 0 Å². The van der Waals surface area contributed by atoms with Crippen molar-refractivity contribution >= 4 is 19.8 Å². The summed E-state index contributed by atoms with van der Waals surface area (Å²) in [7, 11) is -1.90. The zero-order valence-corrected chi connectivity index (χ0v) is 12.2. The fourth-order valence-electron chi connectivity index (χ4n) is 1.75. The fraction of sp³-hybridized carbons (Fsp3) is 0.214. The molecule has 7 heteroatoms. The lowest BCUT2D eigenvalue weighted by Gasteiger charge is -2.11. The van der Waals surface area contributed by atoms with Crippen LogP contribution < -0.4 is 10.1 Å². The van der Waals surface area contributed by atoms with Crippen LogP contribution >= 0.6 is 8.38 Å². The molecule has 0 aromatic heterocycles. The predicted octanol–water partition coefficient (Wildman–Crippen LogP) is 2.29. The van der Waals surface area contributed by atoms with E-state index < -0.39 is 8.38 Å². The standard InChI is InChI=1S/C14H16N3O3P/c15-17-13-3-1-11(2-4-13)16-12-5-7-14(8-6-12)20-9-10-21(18)19/h1-3,5-8,16,18-19H,4,9-10H2. The van der Waals surface area contributed by atoms with E-state index in [0.717, 1.165) is 11.4 Å². The highest BCUT2D eigenvalue weighted by Crippen LogP contribution is 2.23. The lowest BCUT2D eigenvalue weighted by atomic mass is 10.1. The van der Waals surface area contributed by atoms with Crippen LogP contribution in [0.3, 0.4) is 0 Å². The quantitative estimate of drug-likeness (QED) is 0.426. The average molecular weight is 305 g/mol.